The number of aliphatic hydroxyl groups excluding tert-OH is 1. The number of halogens is 2. The lowest BCUT2D eigenvalue weighted by molar-refractivity contribution is -0.307. The summed E-state index contributed by atoms with van der Waals surface area (Å²) in [6, 6.07) is 4.59. The van der Waals surface area contributed by atoms with Gasteiger partial charge in [0.25, 0.3) is 0 Å². The number of aliphatic hydroxyl groups is 1. The fourth-order valence-electron chi connectivity index (χ4n) is 2.58. The van der Waals surface area contributed by atoms with Gasteiger partial charge in [0, 0.05) is 6.04 Å². The first-order chi connectivity index (χ1) is 10.5. The van der Waals surface area contributed by atoms with Crippen molar-refractivity contribution in [3.8, 4) is 0 Å². The van der Waals surface area contributed by atoms with E-state index in [0.29, 0.717) is 21.2 Å². The lowest BCUT2D eigenvalue weighted by Gasteiger charge is -2.27. The number of nitrogens with zero attached hydrogens (tertiary/aromatic N) is 2. The summed E-state index contributed by atoms with van der Waals surface area (Å²) in [4.78, 5) is 5.19. The van der Waals surface area contributed by atoms with Crippen molar-refractivity contribution in [2.24, 2.45) is 0 Å². The highest BCUT2D eigenvalue weighted by Crippen LogP contribution is 2.28. The first-order valence-corrected chi connectivity index (χ1v) is 7.90. The largest absolute Gasteiger partial charge is 0.393 e. The number of benzene rings is 1. The van der Waals surface area contributed by atoms with Crippen molar-refractivity contribution < 1.29 is 19.6 Å². The molecule has 0 saturated heterocycles. The van der Waals surface area contributed by atoms with Crippen molar-refractivity contribution in [2.75, 3.05) is 5.06 Å². The van der Waals surface area contributed by atoms with Gasteiger partial charge in [-0.15, -0.1) is 4.94 Å². The lowest BCUT2D eigenvalue weighted by atomic mass is 9.93. The second kappa shape index (κ2) is 6.41. The number of nitrogens with one attached hydrogen (secondary N) is 1. The smallest absolute Gasteiger partial charge is 0.179 e. The number of rotatable bonds is 3. The standard InChI is InChI=1S/C14H17BrFN3O3/c15-12-7-10(3-6-13(12)16)18-8-14(19(21)22-18)17-9-1-4-11(20)5-2-9/h3,6-9,11,17,20-21H,1-2,4-5H2. The minimum absolute atomic E-state index is 0.174. The van der Waals surface area contributed by atoms with Crippen LogP contribution in [0.1, 0.15) is 25.7 Å². The molecule has 0 amide bonds. The molecule has 1 aliphatic carbocycles. The first kappa shape index (κ1) is 15.5. The van der Waals surface area contributed by atoms with Gasteiger partial charge >= 0.3 is 0 Å². The van der Waals surface area contributed by atoms with Crippen LogP contribution in [0.3, 0.4) is 0 Å². The predicted octanol–water partition coefficient (Wildman–Crippen LogP) is 2.64. The molecule has 0 atom stereocenters. The summed E-state index contributed by atoms with van der Waals surface area (Å²) >= 11 is 3.12. The van der Waals surface area contributed by atoms with Gasteiger partial charge in [-0.05, 0) is 59.8 Å². The molecular formula is C14H17BrFN3O3. The van der Waals surface area contributed by atoms with E-state index in [1.807, 2.05) is 0 Å². The average Bonchev–Trinajstić information content (AvgIpc) is 2.85. The van der Waals surface area contributed by atoms with Crippen molar-refractivity contribution in [1.82, 2.24) is 10.5 Å². The minimum Gasteiger partial charge on any atom is -0.393 e. The van der Waals surface area contributed by atoms with E-state index in [1.165, 1.54) is 11.1 Å². The molecule has 2 aliphatic rings. The van der Waals surface area contributed by atoms with E-state index in [4.69, 9.17) is 4.94 Å². The van der Waals surface area contributed by atoms with E-state index in [1.54, 1.807) is 18.3 Å². The van der Waals surface area contributed by atoms with E-state index in [2.05, 4.69) is 21.2 Å². The summed E-state index contributed by atoms with van der Waals surface area (Å²) in [5.74, 6) is 0.0359. The van der Waals surface area contributed by atoms with Gasteiger partial charge in [-0.3, -0.25) is 5.21 Å². The van der Waals surface area contributed by atoms with E-state index >= 15 is 0 Å². The normalized spacial score (nSPS) is 25.4. The minimum atomic E-state index is -0.369. The molecule has 8 heteroatoms. The molecule has 0 radical (unpaired) electrons. The molecule has 120 valence electrons. The molecule has 1 aromatic rings. The lowest BCUT2D eigenvalue weighted by Crippen LogP contribution is -2.37. The van der Waals surface area contributed by atoms with Gasteiger partial charge in [0.05, 0.1) is 22.5 Å². The summed E-state index contributed by atoms with van der Waals surface area (Å²) in [5, 5.41) is 24.5. The maximum absolute atomic E-state index is 13.3. The molecule has 0 spiro atoms. The zero-order valence-electron chi connectivity index (χ0n) is 11.7. The number of hydrogen-bond donors (Lipinski definition) is 3. The first-order valence-electron chi connectivity index (χ1n) is 7.11. The van der Waals surface area contributed by atoms with Crippen LogP contribution in [0.5, 0.6) is 0 Å². The number of anilines is 1. The SMILES string of the molecule is OC1CCC(NC2=CN(c3ccc(F)c(Br)c3)ON2O)CC1. The Morgan fingerprint density at radius 3 is 2.68 bits per heavy atom. The van der Waals surface area contributed by atoms with Crippen molar-refractivity contribution >= 4 is 21.6 Å². The molecule has 0 bridgehead atoms. The van der Waals surface area contributed by atoms with Crippen LogP contribution in [0.4, 0.5) is 10.1 Å². The second-order valence-corrected chi connectivity index (χ2v) is 6.30. The third kappa shape index (κ3) is 3.35. The van der Waals surface area contributed by atoms with E-state index < -0.39 is 0 Å². The van der Waals surface area contributed by atoms with E-state index in [0.717, 1.165) is 25.7 Å². The Morgan fingerprint density at radius 2 is 2.00 bits per heavy atom. The Hall–Kier alpha value is -1.35. The van der Waals surface area contributed by atoms with Crippen LogP contribution in [-0.2, 0) is 4.94 Å². The van der Waals surface area contributed by atoms with Crippen LogP contribution in [0.2, 0.25) is 0 Å². The molecule has 6 nitrogen and oxygen atoms in total. The maximum Gasteiger partial charge on any atom is 0.179 e. The summed E-state index contributed by atoms with van der Waals surface area (Å²) in [6.45, 7) is 0. The molecule has 3 rings (SSSR count). The zero-order valence-corrected chi connectivity index (χ0v) is 13.3. The number of hydroxylamine groups is 3. The van der Waals surface area contributed by atoms with Gasteiger partial charge in [-0.25, -0.2) is 4.39 Å². The Bertz CT molecular complexity index is 578. The van der Waals surface area contributed by atoms with Crippen LogP contribution < -0.4 is 10.4 Å². The van der Waals surface area contributed by atoms with Crippen LogP contribution in [0.15, 0.2) is 34.7 Å². The van der Waals surface area contributed by atoms with Gasteiger partial charge < -0.3 is 10.4 Å². The van der Waals surface area contributed by atoms with E-state index in [-0.39, 0.29) is 18.0 Å². The fraction of sp³-hybridized carbons (Fsp3) is 0.429. The third-order valence-corrected chi connectivity index (χ3v) is 4.43. The summed E-state index contributed by atoms with van der Waals surface area (Å²) < 4.78 is 13.6. The molecule has 22 heavy (non-hydrogen) atoms. The van der Waals surface area contributed by atoms with Crippen molar-refractivity contribution in [3.05, 3.63) is 40.5 Å². The fourth-order valence-corrected chi connectivity index (χ4v) is 2.94. The Kier molecular flexibility index (Phi) is 4.53. The van der Waals surface area contributed by atoms with Gasteiger partial charge in [-0.2, -0.15) is 5.06 Å². The van der Waals surface area contributed by atoms with Gasteiger partial charge in [0.2, 0.25) is 0 Å². The average molecular weight is 374 g/mol. The van der Waals surface area contributed by atoms with Crippen LogP contribution in [0, 0.1) is 5.82 Å². The molecule has 1 aromatic carbocycles. The zero-order chi connectivity index (χ0) is 15.7. The summed E-state index contributed by atoms with van der Waals surface area (Å²) in [7, 11) is 0. The van der Waals surface area contributed by atoms with Gasteiger partial charge in [0.15, 0.2) is 5.82 Å². The quantitative estimate of drug-likeness (QED) is 0.756. The van der Waals surface area contributed by atoms with Crippen molar-refractivity contribution in [3.63, 3.8) is 0 Å². The molecule has 1 heterocycles. The van der Waals surface area contributed by atoms with Crippen molar-refractivity contribution in [2.45, 2.75) is 37.8 Å². The Labute approximate surface area is 135 Å². The second-order valence-electron chi connectivity index (χ2n) is 5.44. The Balaban J connectivity index is 1.68. The highest BCUT2D eigenvalue weighted by atomic mass is 79.9. The van der Waals surface area contributed by atoms with Gasteiger partial charge in [0.1, 0.15) is 5.82 Å². The van der Waals surface area contributed by atoms with Crippen LogP contribution in [-0.4, -0.2) is 27.7 Å². The molecule has 1 saturated carbocycles. The summed E-state index contributed by atoms with van der Waals surface area (Å²) in [6.07, 6.45) is 4.50. The Morgan fingerprint density at radius 1 is 1.27 bits per heavy atom. The molecule has 0 aromatic heterocycles. The third-order valence-electron chi connectivity index (χ3n) is 3.82. The maximum atomic E-state index is 13.3. The molecule has 1 fully saturated rings. The topological polar surface area (TPSA) is 68.2 Å². The molecule has 1 aliphatic heterocycles. The van der Waals surface area contributed by atoms with Crippen LogP contribution in [0.25, 0.3) is 0 Å². The van der Waals surface area contributed by atoms with E-state index in [9.17, 15) is 14.7 Å². The van der Waals surface area contributed by atoms with Gasteiger partial charge in [-0.1, -0.05) is 5.23 Å². The van der Waals surface area contributed by atoms with Crippen LogP contribution >= 0.6 is 15.9 Å². The predicted molar refractivity (Wildman–Crippen MR) is 80.8 cm³/mol. The molecule has 0 unspecified atom stereocenters. The highest BCUT2D eigenvalue weighted by molar-refractivity contribution is 9.10. The summed E-state index contributed by atoms with van der Waals surface area (Å²) in [5.41, 5.74) is 0.572. The molecular weight excluding hydrogens is 357 g/mol. The highest BCUT2D eigenvalue weighted by Gasteiger charge is 2.27. The monoisotopic (exact) mass is 373 g/mol. The molecule has 3 N–H and O–H groups in total. The number of hydrogen-bond acceptors (Lipinski definition) is 6. The van der Waals surface area contributed by atoms with Crippen molar-refractivity contribution in [1.29, 1.82) is 0 Å².